The largest absolute Gasteiger partial charge is 0.467 e. The molecule has 0 N–H and O–H groups in total. The SMILES string of the molecule is C=C/C=C\C(=C\F)CC(CC1CCC(OCCN2CCOC3CCCCC32)CC1)(OCC)C(=O)OC. The van der Waals surface area contributed by atoms with Gasteiger partial charge in [-0.1, -0.05) is 37.6 Å². The van der Waals surface area contributed by atoms with E-state index in [9.17, 15) is 9.18 Å². The molecular formula is C29H46FNO5. The summed E-state index contributed by atoms with van der Waals surface area (Å²) in [5.41, 5.74) is -0.813. The van der Waals surface area contributed by atoms with Crippen LogP contribution in [-0.4, -0.2) is 74.7 Å². The van der Waals surface area contributed by atoms with Crippen LogP contribution >= 0.6 is 0 Å². The Morgan fingerprint density at radius 1 is 1.19 bits per heavy atom. The molecule has 3 unspecified atom stereocenters. The molecule has 2 saturated carbocycles. The van der Waals surface area contributed by atoms with Crippen molar-refractivity contribution in [2.45, 2.75) is 95.0 Å². The molecule has 6 nitrogen and oxygen atoms in total. The highest BCUT2D eigenvalue weighted by atomic mass is 19.1. The molecule has 3 rings (SSSR count). The molecule has 0 amide bonds. The van der Waals surface area contributed by atoms with E-state index >= 15 is 0 Å². The number of ether oxygens (including phenoxy) is 4. The lowest BCUT2D eigenvalue weighted by Gasteiger charge is -2.44. The second kappa shape index (κ2) is 15.0. The second-order valence-corrected chi connectivity index (χ2v) is 10.4. The summed E-state index contributed by atoms with van der Waals surface area (Å²) >= 11 is 0. The molecule has 1 heterocycles. The summed E-state index contributed by atoms with van der Waals surface area (Å²) in [5.74, 6) is -0.150. The van der Waals surface area contributed by atoms with Crippen LogP contribution in [0.25, 0.3) is 0 Å². The fourth-order valence-electron chi connectivity index (χ4n) is 6.27. The Kier molecular flexibility index (Phi) is 12.1. The van der Waals surface area contributed by atoms with E-state index in [0.717, 1.165) is 52.0 Å². The standard InChI is InChI=1S/C29H46FNO5/c1-4-6-9-24(22-30)21-29(36-5-2,28(32)33-3)20-23-12-14-25(15-13-23)34-18-16-31-17-19-35-27-11-8-7-10-26(27)31/h4,6,9,22-23,25-27H,1,5,7-8,10-21H2,2-3H3/b9-6-,24-22-. The van der Waals surface area contributed by atoms with Crippen molar-refractivity contribution >= 4 is 5.97 Å². The van der Waals surface area contributed by atoms with E-state index in [1.165, 1.54) is 32.8 Å². The van der Waals surface area contributed by atoms with Gasteiger partial charge in [-0.05, 0) is 63.4 Å². The Bertz CT molecular complexity index is 746. The zero-order chi connectivity index (χ0) is 25.8. The number of rotatable bonds is 13. The molecule has 36 heavy (non-hydrogen) atoms. The van der Waals surface area contributed by atoms with Crippen LogP contribution < -0.4 is 0 Å². The van der Waals surface area contributed by atoms with Crippen molar-refractivity contribution in [1.82, 2.24) is 4.90 Å². The Labute approximate surface area is 216 Å². The van der Waals surface area contributed by atoms with Gasteiger partial charge in [0.25, 0.3) is 0 Å². The molecule has 3 fully saturated rings. The number of fused-ring (bicyclic) bond motifs is 1. The van der Waals surface area contributed by atoms with Gasteiger partial charge in [-0.3, -0.25) is 4.90 Å². The van der Waals surface area contributed by atoms with Crippen LogP contribution in [0.1, 0.15) is 71.1 Å². The lowest BCUT2D eigenvalue weighted by molar-refractivity contribution is -0.172. The third-order valence-electron chi connectivity index (χ3n) is 8.05. The van der Waals surface area contributed by atoms with Crippen molar-refractivity contribution in [1.29, 1.82) is 0 Å². The molecule has 0 radical (unpaired) electrons. The first-order chi connectivity index (χ1) is 17.5. The Hall–Kier alpha value is -1.54. The maximum absolute atomic E-state index is 13.6. The van der Waals surface area contributed by atoms with Crippen molar-refractivity contribution in [3.63, 3.8) is 0 Å². The van der Waals surface area contributed by atoms with Gasteiger partial charge in [0.1, 0.15) is 0 Å². The van der Waals surface area contributed by atoms with Crippen molar-refractivity contribution in [3.05, 3.63) is 36.7 Å². The van der Waals surface area contributed by atoms with Crippen molar-refractivity contribution in [2.24, 2.45) is 5.92 Å². The van der Waals surface area contributed by atoms with Crippen LogP contribution in [0, 0.1) is 5.92 Å². The first-order valence-corrected chi connectivity index (χ1v) is 13.8. The lowest BCUT2D eigenvalue weighted by Crippen LogP contribution is -2.53. The fraction of sp³-hybridized carbons (Fsp3) is 0.759. The van der Waals surface area contributed by atoms with Gasteiger partial charge in [0.2, 0.25) is 0 Å². The van der Waals surface area contributed by atoms with Crippen LogP contribution in [0.3, 0.4) is 0 Å². The molecule has 7 heteroatoms. The number of esters is 1. The maximum Gasteiger partial charge on any atom is 0.338 e. The molecule has 204 valence electrons. The molecule has 0 aromatic heterocycles. The smallest absolute Gasteiger partial charge is 0.338 e. The van der Waals surface area contributed by atoms with Gasteiger partial charge < -0.3 is 18.9 Å². The molecule has 0 bridgehead atoms. The highest BCUT2D eigenvalue weighted by Crippen LogP contribution is 2.38. The van der Waals surface area contributed by atoms with Crippen molar-refractivity contribution in [2.75, 3.05) is 40.0 Å². The quantitative estimate of drug-likeness (QED) is 0.241. The van der Waals surface area contributed by atoms with Crippen molar-refractivity contribution in [3.8, 4) is 0 Å². The second-order valence-electron chi connectivity index (χ2n) is 10.4. The average Bonchev–Trinajstić information content (AvgIpc) is 2.91. The van der Waals surface area contributed by atoms with E-state index in [2.05, 4.69) is 11.5 Å². The Morgan fingerprint density at radius 2 is 1.97 bits per heavy atom. The Balaban J connectivity index is 1.50. The average molecular weight is 508 g/mol. The molecule has 0 aromatic carbocycles. The molecule has 2 aliphatic carbocycles. The number of allylic oxidation sites excluding steroid dienone is 3. The number of halogens is 1. The van der Waals surface area contributed by atoms with Gasteiger partial charge in [-0.2, -0.15) is 0 Å². The third kappa shape index (κ3) is 7.98. The van der Waals surface area contributed by atoms with Gasteiger partial charge >= 0.3 is 5.97 Å². The van der Waals surface area contributed by atoms with E-state index in [-0.39, 0.29) is 12.5 Å². The molecule has 0 aromatic rings. The monoisotopic (exact) mass is 507 g/mol. The number of carbonyl (C=O) groups is 1. The summed E-state index contributed by atoms with van der Waals surface area (Å²) in [6, 6.07) is 0.557. The number of morpholine rings is 1. The van der Waals surface area contributed by atoms with E-state index < -0.39 is 11.6 Å². The maximum atomic E-state index is 13.6. The van der Waals surface area contributed by atoms with Gasteiger partial charge in [0.15, 0.2) is 5.60 Å². The first-order valence-electron chi connectivity index (χ1n) is 13.8. The minimum atomic E-state index is -1.20. The molecule has 3 aliphatic rings. The minimum Gasteiger partial charge on any atom is -0.467 e. The zero-order valence-electron chi connectivity index (χ0n) is 22.3. The number of hydrogen-bond donors (Lipinski definition) is 0. The van der Waals surface area contributed by atoms with Crippen LogP contribution in [-0.2, 0) is 23.7 Å². The lowest BCUT2D eigenvalue weighted by atomic mass is 9.77. The first kappa shape index (κ1) is 29.0. The predicted octanol–water partition coefficient (Wildman–Crippen LogP) is 5.53. The molecule has 0 spiro atoms. The highest BCUT2D eigenvalue weighted by molar-refractivity contribution is 5.80. The van der Waals surface area contributed by atoms with E-state index in [0.29, 0.717) is 43.0 Å². The Morgan fingerprint density at radius 3 is 2.67 bits per heavy atom. The van der Waals surface area contributed by atoms with Gasteiger partial charge in [0.05, 0.1) is 38.9 Å². The summed E-state index contributed by atoms with van der Waals surface area (Å²) in [4.78, 5) is 15.5. The number of hydrogen-bond acceptors (Lipinski definition) is 6. The van der Waals surface area contributed by atoms with Crippen molar-refractivity contribution < 1.29 is 28.1 Å². The van der Waals surface area contributed by atoms with Crippen LogP contribution in [0.2, 0.25) is 0 Å². The third-order valence-corrected chi connectivity index (χ3v) is 8.05. The molecular weight excluding hydrogens is 461 g/mol. The summed E-state index contributed by atoms with van der Waals surface area (Å²) in [5, 5.41) is 0. The van der Waals surface area contributed by atoms with Crippen LogP contribution in [0.15, 0.2) is 36.7 Å². The number of nitrogens with zero attached hydrogens (tertiary/aromatic N) is 1. The number of carbonyl (C=O) groups excluding carboxylic acids is 1. The summed E-state index contributed by atoms with van der Waals surface area (Å²) in [6.45, 7) is 9.39. The molecule has 3 atom stereocenters. The predicted molar refractivity (Wildman–Crippen MR) is 139 cm³/mol. The van der Waals surface area contributed by atoms with E-state index in [1.54, 1.807) is 18.2 Å². The van der Waals surface area contributed by atoms with Gasteiger partial charge in [-0.15, -0.1) is 0 Å². The summed E-state index contributed by atoms with van der Waals surface area (Å²) in [7, 11) is 1.36. The number of methoxy groups -OCH3 is 1. The minimum absolute atomic E-state index is 0.131. The fourth-order valence-corrected chi connectivity index (χ4v) is 6.27. The van der Waals surface area contributed by atoms with Crippen LogP contribution in [0.4, 0.5) is 4.39 Å². The van der Waals surface area contributed by atoms with Gasteiger partial charge in [-0.25, -0.2) is 9.18 Å². The zero-order valence-corrected chi connectivity index (χ0v) is 22.3. The molecule has 1 aliphatic heterocycles. The molecule has 1 saturated heterocycles. The summed E-state index contributed by atoms with van der Waals surface area (Å²) < 4.78 is 37.1. The normalized spacial score (nSPS) is 29.5. The highest BCUT2D eigenvalue weighted by Gasteiger charge is 2.43. The van der Waals surface area contributed by atoms with E-state index in [4.69, 9.17) is 18.9 Å². The van der Waals surface area contributed by atoms with Gasteiger partial charge in [0, 0.05) is 32.2 Å². The topological polar surface area (TPSA) is 57.2 Å². The van der Waals surface area contributed by atoms with Crippen LogP contribution in [0.5, 0.6) is 0 Å². The summed E-state index contributed by atoms with van der Waals surface area (Å²) in [6.07, 6.45) is 15.5. The van der Waals surface area contributed by atoms with E-state index in [1.807, 2.05) is 6.92 Å².